The van der Waals surface area contributed by atoms with Crippen LogP contribution in [0.4, 0.5) is 0 Å². The Kier molecular flexibility index (Phi) is 3.07. The molecule has 0 aliphatic heterocycles. The first kappa shape index (κ1) is 11.4. The highest BCUT2D eigenvalue weighted by atomic mass is 14.8. The van der Waals surface area contributed by atoms with Gasteiger partial charge in [-0.25, -0.2) is 9.97 Å². The van der Waals surface area contributed by atoms with Crippen molar-refractivity contribution in [3.8, 4) is 0 Å². The second kappa shape index (κ2) is 4.86. The van der Waals surface area contributed by atoms with Crippen LogP contribution in [-0.2, 0) is 12.8 Å². The number of fused-ring (bicyclic) bond motifs is 1. The number of nitrogens with two attached hydrogens (primary N) is 1. The average Bonchev–Trinajstić information content (AvgIpc) is 2.47. The molecule has 1 heterocycles. The van der Waals surface area contributed by atoms with E-state index in [1.54, 1.807) is 6.33 Å². The minimum atomic E-state index is 0.0413. The molecule has 18 heavy (non-hydrogen) atoms. The Labute approximate surface area is 107 Å². The zero-order valence-corrected chi connectivity index (χ0v) is 10.3. The van der Waals surface area contributed by atoms with Crippen LogP contribution in [0.2, 0.25) is 0 Å². The first-order chi connectivity index (χ1) is 8.84. The first-order valence-corrected chi connectivity index (χ1v) is 6.42. The third-order valence-electron chi connectivity index (χ3n) is 3.86. The Morgan fingerprint density at radius 3 is 2.61 bits per heavy atom. The first-order valence-electron chi connectivity index (χ1n) is 6.42. The molecular formula is C15H17N3. The molecule has 2 N–H and O–H groups in total. The van der Waals surface area contributed by atoms with Gasteiger partial charge >= 0.3 is 0 Å². The van der Waals surface area contributed by atoms with E-state index in [0.717, 1.165) is 24.8 Å². The normalized spacial score (nSPS) is 20.2. The zero-order valence-electron chi connectivity index (χ0n) is 10.3. The van der Waals surface area contributed by atoms with Crippen LogP contribution < -0.4 is 5.73 Å². The van der Waals surface area contributed by atoms with Crippen molar-refractivity contribution >= 4 is 0 Å². The lowest BCUT2D eigenvalue weighted by Crippen LogP contribution is -2.27. The smallest absolute Gasteiger partial charge is 0.115 e. The lowest BCUT2D eigenvalue weighted by Gasteiger charge is -2.29. The minimum Gasteiger partial charge on any atom is -0.324 e. The number of hydrogen-bond donors (Lipinski definition) is 1. The highest BCUT2D eigenvalue weighted by molar-refractivity contribution is 5.30. The van der Waals surface area contributed by atoms with Gasteiger partial charge in [-0.3, -0.25) is 0 Å². The van der Waals surface area contributed by atoms with Crippen LogP contribution in [0.5, 0.6) is 0 Å². The fourth-order valence-corrected chi connectivity index (χ4v) is 2.79. The van der Waals surface area contributed by atoms with Gasteiger partial charge in [-0.05, 0) is 36.3 Å². The molecule has 1 aliphatic rings. The highest BCUT2D eigenvalue weighted by Crippen LogP contribution is 2.32. The SMILES string of the molecule is NC(c1cncnc1)C1CCc2ccccc2C1. The molecule has 2 atom stereocenters. The summed E-state index contributed by atoms with van der Waals surface area (Å²) in [6, 6.07) is 8.71. The maximum atomic E-state index is 6.35. The van der Waals surface area contributed by atoms with Gasteiger partial charge in [0.05, 0.1) is 0 Å². The number of rotatable bonds is 2. The summed E-state index contributed by atoms with van der Waals surface area (Å²) >= 11 is 0. The number of aromatic nitrogens is 2. The predicted octanol–water partition coefficient (Wildman–Crippen LogP) is 2.28. The summed E-state index contributed by atoms with van der Waals surface area (Å²) in [5.74, 6) is 0.492. The van der Waals surface area contributed by atoms with Gasteiger partial charge in [-0.1, -0.05) is 24.3 Å². The van der Waals surface area contributed by atoms with Crippen molar-refractivity contribution in [3.63, 3.8) is 0 Å². The highest BCUT2D eigenvalue weighted by Gasteiger charge is 2.24. The Morgan fingerprint density at radius 1 is 1.11 bits per heavy atom. The molecule has 0 bridgehead atoms. The van der Waals surface area contributed by atoms with E-state index in [9.17, 15) is 0 Å². The Balaban J connectivity index is 1.80. The van der Waals surface area contributed by atoms with Crippen LogP contribution in [0.1, 0.15) is 29.2 Å². The maximum absolute atomic E-state index is 6.35. The van der Waals surface area contributed by atoms with Gasteiger partial charge in [-0.15, -0.1) is 0 Å². The van der Waals surface area contributed by atoms with Gasteiger partial charge in [0.2, 0.25) is 0 Å². The van der Waals surface area contributed by atoms with E-state index in [0.29, 0.717) is 5.92 Å². The van der Waals surface area contributed by atoms with E-state index in [-0.39, 0.29) is 6.04 Å². The van der Waals surface area contributed by atoms with Gasteiger partial charge in [0, 0.05) is 24.0 Å². The molecule has 2 unspecified atom stereocenters. The van der Waals surface area contributed by atoms with Gasteiger partial charge in [0.25, 0.3) is 0 Å². The average molecular weight is 239 g/mol. The van der Waals surface area contributed by atoms with Gasteiger partial charge < -0.3 is 5.73 Å². The quantitative estimate of drug-likeness (QED) is 0.874. The molecule has 2 aromatic rings. The Bertz CT molecular complexity index is 524. The molecule has 0 radical (unpaired) electrons. The largest absolute Gasteiger partial charge is 0.324 e. The van der Waals surface area contributed by atoms with E-state index >= 15 is 0 Å². The monoisotopic (exact) mass is 239 g/mol. The molecule has 0 amide bonds. The maximum Gasteiger partial charge on any atom is 0.115 e. The summed E-state index contributed by atoms with van der Waals surface area (Å²) in [5.41, 5.74) is 10.3. The van der Waals surface area contributed by atoms with Crippen LogP contribution in [-0.4, -0.2) is 9.97 Å². The third kappa shape index (κ3) is 2.14. The van der Waals surface area contributed by atoms with Crippen molar-refractivity contribution in [2.45, 2.75) is 25.3 Å². The fourth-order valence-electron chi connectivity index (χ4n) is 2.79. The molecule has 0 saturated heterocycles. The number of nitrogens with zero attached hydrogens (tertiary/aromatic N) is 2. The van der Waals surface area contributed by atoms with Gasteiger partial charge in [0.15, 0.2) is 0 Å². The molecule has 3 nitrogen and oxygen atoms in total. The number of hydrogen-bond acceptors (Lipinski definition) is 3. The van der Waals surface area contributed by atoms with Crippen molar-refractivity contribution in [1.29, 1.82) is 0 Å². The summed E-state index contributed by atoms with van der Waals surface area (Å²) in [6.07, 6.45) is 8.55. The molecule has 3 heteroatoms. The summed E-state index contributed by atoms with van der Waals surface area (Å²) in [7, 11) is 0. The second-order valence-electron chi connectivity index (χ2n) is 4.97. The van der Waals surface area contributed by atoms with E-state index in [4.69, 9.17) is 5.73 Å². The lowest BCUT2D eigenvalue weighted by atomic mass is 9.79. The molecule has 1 aromatic heterocycles. The van der Waals surface area contributed by atoms with Crippen molar-refractivity contribution in [2.24, 2.45) is 11.7 Å². The van der Waals surface area contributed by atoms with Crippen molar-refractivity contribution in [2.75, 3.05) is 0 Å². The van der Waals surface area contributed by atoms with Crippen molar-refractivity contribution in [3.05, 3.63) is 59.7 Å². The molecule has 3 rings (SSSR count). The summed E-state index contributed by atoms with van der Waals surface area (Å²) in [6.45, 7) is 0. The Hall–Kier alpha value is -1.74. The van der Waals surface area contributed by atoms with E-state index < -0.39 is 0 Å². The standard InChI is InChI=1S/C15H17N3/c16-15(14-8-17-10-18-9-14)13-6-5-11-3-1-2-4-12(11)7-13/h1-4,8-10,13,15H,5-7,16H2. The molecule has 0 saturated carbocycles. The minimum absolute atomic E-state index is 0.0413. The molecule has 92 valence electrons. The van der Waals surface area contributed by atoms with Crippen LogP contribution in [0.15, 0.2) is 43.0 Å². The summed E-state index contributed by atoms with van der Waals surface area (Å²) < 4.78 is 0. The van der Waals surface area contributed by atoms with Crippen molar-refractivity contribution < 1.29 is 0 Å². The molecule has 1 aromatic carbocycles. The Morgan fingerprint density at radius 2 is 1.83 bits per heavy atom. The number of aryl methyl sites for hydroxylation is 1. The van der Waals surface area contributed by atoms with Crippen LogP contribution in [0.3, 0.4) is 0 Å². The molecular weight excluding hydrogens is 222 g/mol. The summed E-state index contributed by atoms with van der Waals surface area (Å²) in [5, 5.41) is 0. The molecule has 1 aliphatic carbocycles. The van der Waals surface area contributed by atoms with E-state index in [2.05, 4.69) is 34.2 Å². The molecule has 0 fully saturated rings. The van der Waals surface area contributed by atoms with Gasteiger partial charge in [-0.2, -0.15) is 0 Å². The zero-order chi connectivity index (χ0) is 12.4. The number of benzene rings is 1. The third-order valence-corrected chi connectivity index (χ3v) is 3.86. The van der Waals surface area contributed by atoms with Crippen LogP contribution in [0.25, 0.3) is 0 Å². The van der Waals surface area contributed by atoms with Gasteiger partial charge in [0.1, 0.15) is 6.33 Å². The second-order valence-corrected chi connectivity index (χ2v) is 4.97. The van der Waals surface area contributed by atoms with Crippen molar-refractivity contribution in [1.82, 2.24) is 9.97 Å². The lowest BCUT2D eigenvalue weighted by molar-refractivity contribution is 0.381. The van der Waals surface area contributed by atoms with E-state index in [1.807, 2.05) is 12.4 Å². The molecule has 0 spiro atoms. The predicted molar refractivity (Wildman–Crippen MR) is 70.9 cm³/mol. The summed E-state index contributed by atoms with van der Waals surface area (Å²) in [4.78, 5) is 8.11. The van der Waals surface area contributed by atoms with Crippen LogP contribution >= 0.6 is 0 Å². The van der Waals surface area contributed by atoms with Crippen LogP contribution in [0, 0.1) is 5.92 Å². The fraction of sp³-hybridized carbons (Fsp3) is 0.333. The van der Waals surface area contributed by atoms with E-state index in [1.165, 1.54) is 11.1 Å². The topological polar surface area (TPSA) is 51.8 Å².